The molecule has 1 saturated heterocycles. The van der Waals surface area contributed by atoms with Crippen LogP contribution in [0.4, 0.5) is 0 Å². The van der Waals surface area contributed by atoms with E-state index >= 15 is 0 Å². The third-order valence-corrected chi connectivity index (χ3v) is 4.70. The Labute approximate surface area is 115 Å². The summed E-state index contributed by atoms with van der Waals surface area (Å²) in [6.45, 7) is 4.97. The minimum Gasteiger partial charge on any atom is -0.297 e. The molecule has 0 spiro atoms. The molecule has 0 unspecified atom stereocenters. The maximum atomic E-state index is 12.6. The van der Waals surface area contributed by atoms with Gasteiger partial charge in [0.15, 0.2) is 5.78 Å². The van der Waals surface area contributed by atoms with Gasteiger partial charge in [-0.25, -0.2) is 0 Å². The molecule has 0 radical (unpaired) electrons. The zero-order valence-electron chi connectivity index (χ0n) is 11.8. The number of rotatable bonds is 4. The van der Waals surface area contributed by atoms with E-state index in [0.29, 0.717) is 12.3 Å². The third kappa shape index (κ3) is 2.59. The lowest BCUT2D eigenvalue weighted by atomic mass is 9.90. The van der Waals surface area contributed by atoms with Crippen molar-refractivity contribution in [1.29, 1.82) is 0 Å². The predicted octanol–water partition coefficient (Wildman–Crippen LogP) is 3.08. The molecule has 19 heavy (non-hydrogen) atoms. The lowest BCUT2D eigenvalue weighted by Gasteiger charge is -2.27. The average molecular weight is 257 g/mol. The van der Waals surface area contributed by atoms with Gasteiger partial charge in [0.05, 0.1) is 12.0 Å². The Hall–Kier alpha value is -1.15. The van der Waals surface area contributed by atoms with Crippen LogP contribution in [0.2, 0.25) is 0 Å². The molecule has 1 aromatic carbocycles. The van der Waals surface area contributed by atoms with Crippen LogP contribution in [0.15, 0.2) is 24.3 Å². The molecule has 2 aliphatic rings. The molecule has 2 heteroatoms. The number of carbonyl (C=O) groups is 1. The summed E-state index contributed by atoms with van der Waals surface area (Å²) in [6, 6.07) is 8.56. The highest BCUT2D eigenvalue weighted by Crippen LogP contribution is 2.49. The van der Waals surface area contributed by atoms with Gasteiger partial charge in [0.25, 0.3) is 0 Å². The van der Waals surface area contributed by atoms with Crippen LogP contribution in [0.25, 0.3) is 0 Å². The maximum absolute atomic E-state index is 12.6. The van der Waals surface area contributed by atoms with Crippen molar-refractivity contribution in [2.45, 2.75) is 44.4 Å². The van der Waals surface area contributed by atoms with Crippen LogP contribution < -0.4 is 0 Å². The van der Waals surface area contributed by atoms with E-state index in [0.717, 1.165) is 25.9 Å². The minimum absolute atomic E-state index is 0.134. The SMILES string of the molecule is Cc1ccc(C2(C(=O)CN3CCCCC3)CC2)cc1. The number of aryl methyl sites for hydroxylation is 1. The first-order valence-corrected chi connectivity index (χ1v) is 7.53. The van der Waals surface area contributed by atoms with E-state index in [1.165, 1.54) is 30.4 Å². The number of carbonyl (C=O) groups excluding carboxylic acids is 1. The molecule has 0 N–H and O–H groups in total. The molecular weight excluding hydrogens is 234 g/mol. The Morgan fingerprint density at radius 1 is 1.11 bits per heavy atom. The van der Waals surface area contributed by atoms with E-state index in [-0.39, 0.29) is 5.41 Å². The van der Waals surface area contributed by atoms with Crippen LogP contribution in [0.5, 0.6) is 0 Å². The van der Waals surface area contributed by atoms with Gasteiger partial charge in [0, 0.05) is 0 Å². The Bertz CT molecular complexity index is 453. The van der Waals surface area contributed by atoms with Crippen LogP contribution in [0, 0.1) is 6.92 Å². The smallest absolute Gasteiger partial charge is 0.157 e. The van der Waals surface area contributed by atoms with Crippen molar-refractivity contribution in [2.24, 2.45) is 0 Å². The van der Waals surface area contributed by atoms with Gasteiger partial charge in [0.2, 0.25) is 0 Å². The molecule has 0 amide bonds. The van der Waals surface area contributed by atoms with E-state index in [9.17, 15) is 4.79 Å². The fourth-order valence-corrected chi connectivity index (χ4v) is 3.20. The van der Waals surface area contributed by atoms with Crippen molar-refractivity contribution in [3.8, 4) is 0 Å². The number of likely N-dealkylation sites (tertiary alicyclic amines) is 1. The largest absolute Gasteiger partial charge is 0.297 e. The average Bonchev–Trinajstić information content (AvgIpc) is 3.22. The summed E-state index contributed by atoms with van der Waals surface area (Å²) in [5, 5.41) is 0. The van der Waals surface area contributed by atoms with Gasteiger partial charge in [-0.3, -0.25) is 9.69 Å². The number of hydrogen-bond acceptors (Lipinski definition) is 2. The van der Waals surface area contributed by atoms with Crippen LogP contribution in [0.3, 0.4) is 0 Å². The van der Waals surface area contributed by atoms with Gasteiger partial charge in [-0.1, -0.05) is 36.2 Å². The predicted molar refractivity (Wildman–Crippen MR) is 77.4 cm³/mol. The van der Waals surface area contributed by atoms with Crippen molar-refractivity contribution in [3.63, 3.8) is 0 Å². The molecular formula is C17H23NO. The topological polar surface area (TPSA) is 20.3 Å². The molecule has 2 nitrogen and oxygen atoms in total. The molecule has 0 bridgehead atoms. The van der Waals surface area contributed by atoms with E-state index in [4.69, 9.17) is 0 Å². The number of ketones is 1. The van der Waals surface area contributed by atoms with Crippen molar-refractivity contribution in [1.82, 2.24) is 4.90 Å². The van der Waals surface area contributed by atoms with E-state index in [2.05, 4.69) is 36.1 Å². The quantitative estimate of drug-likeness (QED) is 0.826. The Morgan fingerprint density at radius 3 is 2.32 bits per heavy atom. The second-order valence-corrected chi connectivity index (χ2v) is 6.21. The molecule has 102 valence electrons. The summed E-state index contributed by atoms with van der Waals surface area (Å²) >= 11 is 0. The zero-order chi connectivity index (χ0) is 13.3. The lowest BCUT2D eigenvalue weighted by Crippen LogP contribution is -2.38. The second kappa shape index (κ2) is 5.09. The molecule has 0 aromatic heterocycles. The van der Waals surface area contributed by atoms with Gasteiger partial charge >= 0.3 is 0 Å². The minimum atomic E-state index is -0.134. The molecule has 1 aromatic rings. The molecule has 1 aliphatic heterocycles. The van der Waals surface area contributed by atoms with Crippen LogP contribution in [-0.4, -0.2) is 30.3 Å². The van der Waals surface area contributed by atoms with Crippen LogP contribution >= 0.6 is 0 Å². The van der Waals surface area contributed by atoms with Crippen LogP contribution in [0.1, 0.15) is 43.2 Å². The normalized spacial score (nSPS) is 22.2. The van der Waals surface area contributed by atoms with Crippen molar-refractivity contribution in [2.75, 3.05) is 19.6 Å². The molecule has 0 atom stereocenters. The zero-order valence-corrected chi connectivity index (χ0v) is 11.8. The Morgan fingerprint density at radius 2 is 1.74 bits per heavy atom. The Kier molecular flexibility index (Phi) is 3.44. The summed E-state index contributed by atoms with van der Waals surface area (Å²) < 4.78 is 0. The molecule has 1 heterocycles. The molecule has 3 rings (SSSR count). The van der Waals surface area contributed by atoms with E-state index in [1.54, 1.807) is 0 Å². The summed E-state index contributed by atoms with van der Waals surface area (Å²) in [7, 11) is 0. The number of nitrogens with zero attached hydrogens (tertiary/aromatic N) is 1. The number of benzene rings is 1. The number of hydrogen-bond donors (Lipinski definition) is 0. The van der Waals surface area contributed by atoms with Gasteiger partial charge in [0.1, 0.15) is 0 Å². The number of Topliss-reactive ketones (excluding diaryl/α,β-unsaturated/α-hetero) is 1. The first-order chi connectivity index (χ1) is 9.21. The summed E-state index contributed by atoms with van der Waals surface area (Å²) in [5.41, 5.74) is 2.37. The highest BCUT2D eigenvalue weighted by molar-refractivity contribution is 5.94. The van der Waals surface area contributed by atoms with Crippen molar-refractivity contribution >= 4 is 5.78 Å². The van der Waals surface area contributed by atoms with E-state index < -0.39 is 0 Å². The molecule has 1 aliphatic carbocycles. The van der Waals surface area contributed by atoms with Crippen molar-refractivity contribution in [3.05, 3.63) is 35.4 Å². The standard InChI is InChI=1S/C17H23NO/c1-14-5-7-15(8-6-14)17(9-10-17)16(19)13-18-11-3-2-4-12-18/h5-8H,2-4,9-13H2,1H3. The highest BCUT2D eigenvalue weighted by Gasteiger charge is 2.50. The number of piperidine rings is 1. The first kappa shape index (κ1) is 12.9. The van der Waals surface area contributed by atoms with Crippen molar-refractivity contribution < 1.29 is 4.79 Å². The van der Waals surface area contributed by atoms with Gasteiger partial charge in [-0.2, -0.15) is 0 Å². The van der Waals surface area contributed by atoms with Gasteiger partial charge in [-0.15, -0.1) is 0 Å². The van der Waals surface area contributed by atoms with E-state index in [1.807, 2.05) is 0 Å². The van der Waals surface area contributed by atoms with Gasteiger partial charge < -0.3 is 0 Å². The highest BCUT2D eigenvalue weighted by atomic mass is 16.1. The summed E-state index contributed by atoms with van der Waals surface area (Å²) in [4.78, 5) is 15.0. The lowest BCUT2D eigenvalue weighted by molar-refractivity contribution is -0.122. The monoisotopic (exact) mass is 257 g/mol. The first-order valence-electron chi connectivity index (χ1n) is 7.53. The third-order valence-electron chi connectivity index (χ3n) is 4.70. The molecule has 1 saturated carbocycles. The summed E-state index contributed by atoms with van der Waals surface area (Å²) in [5.74, 6) is 0.443. The fourth-order valence-electron chi connectivity index (χ4n) is 3.20. The second-order valence-electron chi connectivity index (χ2n) is 6.21. The molecule has 2 fully saturated rings. The maximum Gasteiger partial charge on any atom is 0.157 e. The van der Waals surface area contributed by atoms with Crippen LogP contribution in [-0.2, 0) is 10.2 Å². The Balaban J connectivity index is 1.70. The fraction of sp³-hybridized carbons (Fsp3) is 0.588. The van der Waals surface area contributed by atoms with Gasteiger partial charge in [-0.05, 0) is 51.3 Å². The summed E-state index contributed by atoms with van der Waals surface area (Å²) in [6.07, 6.45) is 5.93.